The van der Waals surface area contributed by atoms with Crippen LogP contribution in [0, 0.1) is 0 Å². The highest BCUT2D eigenvalue weighted by Gasteiger charge is 2.30. The molecular weight excluding hydrogens is 1200 g/mol. The average Bonchev–Trinajstić information content (AvgIpc) is 3.67. The van der Waals surface area contributed by atoms with Crippen LogP contribution in [0.4, 0.5) is 0 Å². The molecule has 0 rings (SSSR count). The number of aliphatic hydroxyl groups excluding tert-OH is 1. The van der Waals surface area contributed by atoms with Gasteiger partial charge in [0.25, 0.3) is 0 Å². The van der Waals surface area contributed by atoms with E-state index in [1.807, 2.05) is 0 Å². The Labute approximate surface area is 556 Å². The molecule has 19 heteroatoms. The van der Waals surface area contributed by atoms with Gasteiger partial charge in [-0.05, 0) is 25.7 Å². The predicted molar refractivity (Wildman–Crippen MR) is 368 cm³/mol. The lowest BCUT2D eigenvalue weighted by Crippen LogP contribution is -2.30. The fraction of sp³-hybridized carbons (Fsp3) is 0.944. The summed E-state index contributed by atoms with van der Waals surface area (Å²) in [5.74, 6) is -2.13. The standard InChI is InChI=1S/C72H140O17P2/c1-5-9-13-17-20-23-26-29-31-32-33-34-36-38-41-44-47-51-55-59-72(77)89-68(63-83-70(75)57-53-49-45-42-40-37-35-30-27-24-21-18-14-10-6-2)65-87-91(80,81)85-61-66(73)60-84-90(78,79)86-64-67(62-82-69(74)56-52-48-16-12-8-4)88-71(76)58-54-50-46-43-39-28-25-22-19-15-11-7-3/h66-68,73H,5-65H2,1-4H3,(H,78,79)(H,80,81)/t66-,67+,68+/m0/s1. The molecule has 17 nitrogen and oxygen atoms in total. The number of phosphoric acid groups is 2. The molecule has 0 amide bonds. The summed E-state index contributed by atoms with van der Waals surface area (Å²) in [7, 11) is -9.89. The third-order valence-electron chi connectivity index (χ3n) is 16.9. The molecule has 0 aliphatic carbocycles. The average molecular weight is 1340 g/mol. The maximum Gasteiger partial charge on any atom is 0.472 e. The Hall–Kier alpha value is -1.94. The van der Waals surface area contributed by atoms with Gasteiger partial charge in [-0.1, -0.05) is 329 Å². The summed E-state index contributed by atoms with van der Waals surface area (Å²) in [6, 6.07) is 0. The number of ether oxygens (including phenoxy) is 4. The molecule has 0 heterocycles. The molecule has 0 spiro atoms. The van der Waals surface area contributed by atoms with Gasteiger partial charge in [-0.3, -0.25) is 37.3 Å². The number of unbranched alkanes of at least 4 members (excludes halogenated alkanes) is 47. The highest BCUT2D eigenvalue weighted by atomic mass is 31.2. The highest BCUT2D eigenvalue weighted by Crippen LogP contribution is 2.45. The van der Waals surface area contributed by atoms with Crippen LogP contribution in [0.25, 0.3) is 0 Å². The second-order valence-corrected chi connectivity index (χ2v) is 28.9. The Balaban J connectivity index is 5.14. The zero-order valence-corrected chi connectivity index (χ0v) is 60.6. The molecule has 3 N–H and O–H groups in total. The fourth-order valence-electron chi connectivity index (χ4n) is 11.0. The molecular formula is C72H140O17P2. The quantitative estimate of drug-likeness (QED) is 0.0222. The molecule has 540 valence electrons. The van der Waals surface area contributed by atoms with Crippen molar-refractivity contribution in [3.63, 3.8) is 0 Å². The number of aliphatic hydroxyl groups is 1. The van der Waals surface area contributed by atoms with Gasteiger partial charge < -0.3 is 33.8 Å². The summed E-state index contributed by atoms with van der Waals surface area (Å²) in [6.07, 6.45) is 55.9. The van der Waals surface area contributed by atoms with E-state index in [-0.39, 0.29) is 25.7 Å². The largest absolute Gasteiger partial charge is 0.472 e. The van der Waals surface area contributed by atoms with E-state index in [1.54, 1.807) is 0 Å². The van der Waals surface area contributed by atoms with Crippen molar-refractivity contribution in [1.82, 2.24) is 0 Å². The van der Waals surface area contributed by atoms with Gasteiger partial charge in [-0.2, -0.15) is 0 Å². The van der Waals surface area contributed by atoms with Gasteiger partial charge in [0.1, 0.15) is 19.3 Å². The van der Waals surface area contributed by atoms with E-state index in [2.05, 4.69) is 27.7 Å². The molecule has 0 aromatic carbocycles. The van der Waals surface area contributed by atoms with E-state index < -0.39 is 97.5 Å². The van der Waals surface area contributed by atoms with Gasteiger partial charge >= 0.3 is 39.5 Å². The number of phosphoric ester groups is 2. The topological polar surface area (TPSA) is 237 Å². The van der Waals surface area contributed by atoms with Gasteiger partial charge in [0.15, 0.2) is 12.2 Å². The summed E-state index contributed by atoms with van der Waals surface area (Å²) >= 11 is 0. The van der Waals surface area contributed by atoms with E-state index in [0.29, 0.717) is 25.7 Å². The zero-order chi connectivity index (χ0) is 66.8. The van der Waals surface area contributed by atoms with Crippen molar-refractivity contribution in [2.75, 3.05) is 39.6 Å². The highest BCUT2D eigenvalue weighted by molar-refractivity contribution is 7.47. The third-order valence-corrected chi connectivity index (χ3v) is 18.8. The Bertz CT molecular complexity index is 1740. The lowest BCUT2D eigenvalue weighted by atomic mass is 10.0. The fourth-order valence-corrected chi connectivity index (χ4v) is 12.6. The van der Waals surface area contributed by atoms with Gasteiger partial charge in [0.05, 0.1) is 26.4 Å². The maximum atomic E-state index is 13.0. The van der Waals surface area contributed by atoms with E-state index in [0.717, 1.165) is 96.3 Å². The molecule has 0 saturated carbocycles. The van der Waals surface area contributed by atoms with Gasteiger partial charge in [0.2, 0.25) is 0 Å². The third kappa shape index (κ3) is 66.5. The summed E-state index contributed by atoms with van der Waals surface area (Å²) in [6.45, 7) is 4.88. The molecule has 0 radical (unpaired) electrons. The van der Waals surface area contributed by atoms with Crippen LogP contribution in [0.3, 0.4) is 0 Å². The van der Waals surface area contributed by atoms with Gasteiger partial charge in [-0.15, -0.1) is 0 Å². The van der Waals surface area contributed by atoms with E-state index >= 15 is 0 Å². The molecule has 2 unspecified atom stereocenters. The number of carbonyl (C=O) groups excluding carboxylic acids is 4. The van der Waals surface area contributed by atoms with Crippen LogP contribution >= 0.6 is 15.6 Å². The predicted octanol–water partition coefficient (Wildman–Crippen LogP) is 21.1. The SMILES string of the molecule is CCCCCCCCCCCCCCCCCCCCCC(=O)O[C@H](COC(=O)CCCCCCCCCCCCCCCCC)COP(=O)(O)OC[C@@H](O)COP(=O)(O)OC[C@@H](COC(=O)CCCCCCC)OC(=O)CCCCCCCCCCCCCC. The van der Waals surface area contributed by atoms with Crippen LogP contribution in [0.15, 0.2) is 0 Å². The minimum absolute atomic E-state index is 0.107. The van der Waals surface area contributed by atoms with Crippen LogP contribution in [0.5, 0.6) is 0 Å². The normalized spacial score (nSPS) is 14.0. The number of hydrogen-bond donors (Lipinski definition) is 3. The number of carbonyl (C=O) groups is 4. The van der Waals surface area contributed by atoms with Crippen LogP contribution in [-0.2, 0) is 65.4 Å². The number of esters is 4. The van der Waals surface area contributed by atoms with Crippen molar-refractivity contribution >= 4 is 39.5 Å². The zero-order valence-electron chi connectivity index (χ0n) is 58.8. The van der Waals surface area contributed by atoms with Crippen molar-refractivity contribution in [3.8, 4) is 0 Å². The number of rotatable bonds is 73. The molecule has 0 aliphatic heterocycles. The Morgan fingerprint density at radius 1 is 0.264 bits per heavy atom. The second-order valence-electron chi connectivity index (χ2n) is 26.0. The maximum absolute atomic E-state index is 13.0. The van der Waals surface area contributed by atoms with Gasteiger partial charge in [0, 0.05) is 25.7 Å². The van der Waals surface area contributed by atoms with Crippen LogP contribution < -0.4 is 0 Å². The van der Waals surface area contributed by atoms with Crippen LogP contribution in [0.2, 0.25) is 0 Å². The number of hydrogen-bond acceptors (Lipinski definition) is 15. The smallest absolute Gasteiger partial charge is 0.462 e. The first-order valence-corrected chi connectivity index (χ1v) is 40.8. The molecule has 0 aliphatic rings. The first-order valence-electron chi connectivity index (χ1n) is 37.8. The van der Waals surface area contributed by atoms with Crippen molar-refractivity contribution in [1.29, 1.82) is 0 Å². The summed E-state index contributed by atoms with van der Waals surface area (Å²) in [5.41, 5.74) is 0. The van der Waals surface area contributed by atoms with Crippen molar-refractivity contribution in [2.45, 2.75) is 399 Å². The lowest BCUT2D eigenvalue weighted by Gasteiger charge is -2.21. The van der Waals surface area contributed by atoms with Crippen molar-refractivity contribution in [2.24, 2.45) is 0 Å². The van der Waals surface area contributed by atoms with Crippen molar-refractivity contribution in [3.05, 3.63) is 0 Å². The minimum Gasteiger partial charge on any atom is -0.462 e. The Kier molecular flexibility index (Phi) is 65.2. The van der Waals surface area contributed by atoms with E-state index in [1.165, 1.54) is 205 Å². The monoisotopic (exact) mass is 1340 g/mol. The first kappa shape index (κ1) is 89.1. The Morgan fingerprint density at radius 2 is 0.440 bits per heavy atom. The summed E-state index contributed by atoms with van der Waals surface area (Å²) in [5, 5.41) is 10.6. The second kappa shape index (κ2) is 66.7. The summed E-state index contributed by atoms with van der Waals surface area (Å²) in [4.78, 5) is 72.3. The lowest BCUT2D eigenvalue weighted by molar-refractivity contribution is -0.161. The molecule has 0 saturated heterocycles. The molecule has 91 heavy (non-hydrogen) atoms. The van der Waals surface area contributed by atoms with E-state index in [9.17, 15) is 43.2 Å². The molecule has 5 atom stereocenters. The molecule has 0 bridgehead atoms. The van der Waals surface area contributed by atoms with Crippen LogP contribution in [0.1, 0.15) is 381 Å². The van der Waals surface area contributed by atoms with Crippen LogP contribution in [-0.4, -0.2) is 96.7 Å². The first-order chi connectivity index (χ1) is 44.2. The Morgan fingerprint density at radius 3 is 0.648 bits per heavy atom. The molecule has 0 aromatic heterocycles. The van der Waals surface area contributed by atoms with Crippen molar-refractivity contribution < 1.29 is 80.2 Å². The summed E-state index contributed by atoms with van der Waals surface area (Å²) < 4.78 is 68.2. The molecule has 0 aromatic rings. The minimum atomic E-state index is -4.95. The van der Waals surface area contributed by atoms with Gasteiger partial charge in [-0.25, -0.2) is 9.13 Å². The van der Waals surface area contributed by atoms with E-state index in [4.69, 9.17) is 37.0 Å². The molecule has 0 fully saturated rings.